The Hall–Kier alpha value is -1.78. The van der Waals surface area contributed by atoms with Gasteiger partial charge in [0.25, 0.3) is 11.5 Å². The van der Waals surface area contributed by atoms with Gasteiger partial charge in [-0.05, 0) is 31.2 Å². The molecule has 1 aromatic heterocycles. The maximum atomic E-state index is 12.1. The van der Waals surface area contributed by atoms with Gasteiger partial charge < -0.3 is 9.88 Å². The number of pyridine rings is 1. The molecule has 6 heteroatoms. The lowest BCUT2D eigenvalue weighted by Crippen LogP contribution is -2.19. The fourth-order valence-corrected chi connectivity index (χ4v) is 1.99. The smallest absolute Gasteiger partial charge is 0.255 e. The van der Waals surface area contributed by atoms with Gasteiger partial charge in [-0.1, -0.05) is 23.2 Å². The van der Waals surface area contributed by atoms with E-state index in [2.05, 4.69) is 5.32 Å². The highest BCUT2D eigenvalue weighted by molar-refractivity contribution is 6.42. The van der Waals surface area contributed by atoms with Crippen molar-refractivity contribution in [1.29, 1.82) is 0 Å². The lowest BCUT2D eigenvalue weighted by atomic mass is 10.2. The van der Waals surface area contributed by atoms with E-state index >= 15 is 0 Å². The number of aromatic nitrogens is 1. The van der Waals surface area contributed by atoms with Crippen LogP contribution in [0.2, 0.25) is 10.0 Å². The maximum Gasteiger partial charge on any atom is 0.255 e. The first-order valence-electron chi connectivity index (χ1n) is 5.98. The predicted molar refractivity (Wildman–Crippen MR) is 80.8 cm³/mol. The number of benzene rings is 1. The van der Waals surface area contributed by atoms with Gasteiger partial charge in [0.15, 0.2) is 0 Å². The molecule has 1 aromatic carbocycles. The van der Waals surface area contributed by atoms with Gasteiger partial charge in [0, 0.05) is 24.4 Å². The fourth-order valence-electron chi connectivity index (χ4n) is 1.69. The second-order valence-corrected chi connectivity index (χ2v) is 4.94. The lowest BCUT2D eigenvalue weighted by Gasteiger charge is -2.08. The van der Waals surface area contributed by atoms with Crippen molar-refractivity contribution in [2.45, 2.75) is 13.5 Å². The van der Waals surface area contributed by atoms with Crippen LogP contribution in [-0.4, -0.2) is 10.5 Å². The van der Waals surface area contributed by atoms with Crippen LogP contribution >= 0.6 is 23.2 Å². The summed E-state index contributed by atoms with van der Waals surface area (Å²) in [5.74, 6) is -0.315. The van der Waals surface area contributed by atoms with Gasteiger partial charge in [0.2, 0.25) is 0 Å². The molecule has 4 nitrogen and oxygen atoms in total. The zero-order chi connectivity index (χ0) is 14.7. The molecule has 0 bridgehead atoms. The molecule has 0 saturated heterocycles. The molecule has 0 aliphatic heterocycles. The SMILES string of the molecule is CCn1cc(NC(=O)c2ccc(Cl)c(Cl)c2)ccc1=O. The molecule has 0 unspecified atom stereocenters. The number of aryl methyl sites for hydroxylation is 1. The Kier molecular flexibility index (Phi) is 4.47. The number of carbonyl (C=O) groups excluding carboxylic acids is 1. The minimum Gasteiger partial charge on any atom is -0.321 e. The summed E-state index contributed by atoms with van der Waals surface area (Å²) in [6.07, 6.45) is 1.59. The van der Waals surface area contributed by atoms with Crippen molar-refractivity contribution in [2.75, 3.05) is 5.32 Å². The third-order valence-corrected chi connectivity index (χ3v) is 3.50. The van der Waals surface area contributed by atoms with Gasteiger partial charge in [-0.2, -0.15) is 0 Å². The second-order valence-electron chi connectivity index (χ2n) is 4.13. The Labute approximate surface area is 125 Å². The molecule has 0 saturated carbocycles. The number of hydrogen-bond acceptors (Lipinski definition) is 2. The van der Waals surface area contributed by atoms with Crippen LogP contribution in [0.4, 0.5) is 5.69 Å². The third kappa shape index (κ3) is 3.21. The number of rotatable bonds is 3. The Balaban J connectivity index is 2.23. The van der Waals surface area contributed by atoms with Crippen molar-refractivity contribution < 1.29 is 4.79 Å². The molecule has 0 spiro atoms. The average Bonchev–Trinajstić information content (AvgIpc) is 2.43. The van der Waals surface area contributed by atoms with Gasteiger partial charge in [-0.3, -0.25) is 9.59 Å². The molecule has 20 heavy (non-hydrogen) atoms. The van der Waals surface area contributed by atoms with Gasteiger partial charge in [-0.25, -0.2) is 0 Å². The normalized spacial score (nSPS) is 10.3. The van der Waals surface area contributed by atoms with Crippen molar-refractivity contribution in [3.63, 3.8) is 0 Å². The average molecular weight is 311 g/mol. The number of amides is 1. The molecular weight excluding hydrogens is 299 g/mol. The quantitative estimate of drug-likeness (QED) is 0.944. The predicted octanol–water partition coefficient (Wildman–Crippen LogP) is 3.43. The highest BCUT2D eigenvalue weighted by atomic mass is 35.5. The van der Waals surface area contributed by atoms with E-state index in [9.17, 15) is 9.59 Å². The van der Waals surface area contributed by atoms with E-state index in [0.717, 1.165) is 0 Å². The van der Waals surface area contributed by atoms with E-state index in [0.29, 0.717) is 27.8 Å². The van der Waals surface area contributed by atoms with Crippen LogP contribution in [0.5, 0.6) is 0 Å². The summed E-state index contributed by atoms with van der Waals surface area (Å²) >= 11 is 11.7. The summed E-state index contributed by atoms with van der Waals surface area (Å²) in [5, 5.41) is 3.42. The zero-order valence-corrected chi connectivity index (χ0v) is 12.2. The first-order chi connectivity index (χ1) is 9.51. The first-order valence-corrected chi connectivity index (χ1v) is 6.73. The second kappa shape index (κ2) is 6.11. The molecule has 2 aromatic rings. The van der Waals surface area contributed by atoms with Crippen LogP contribution in [0.3, 0.4) is 0 Å². The lowest BCUT2D eigenvalue weighted by molar-refractivity contribution is 0.102. The number of carbonyl (C=O) groups is 1. The van der Waals surface area contributed by atoms with Crippen LogP contribution in [0.1, 0.15) is 17.3 Å². The third-order valence-electron chi connectivity index (χ3n) is 2.76. The topological polar surface area (TPSA) is 51.1 Å². The molecule has 2 rings (SSSR count). The van der Waals surface area contributed by atoms with E-state index in [1.165, 1.54) is 16.7 Å². The molecular formula is C14H12Cl2N2O2. The van der Waals surface area contributed by atoms with Gasteiger partial charge >= 0.3 is 0 Å². The van der Waals surface area contributed by atoms with Crippen LogP contribution in [0.25, 0.3) is 0 Å². The summed E-state index contributed by atoms with van der Waals surface area (Å²) in [5.41, 5.74) is 0.830. The van der Waals surface area contributed by atoms with Crippen LogP contribution in [-0.2, 0) is 6.54 Å². The van der Waals surface area contributed by atoms with Gasteiger partial charge in [0.1, 0.15) is 0 Å². The van der Waals surface area contributed by atoms with Gasteiger partial charge in [-0.15, -0.1) is 0 Å². The molecule has 0 aliphatic carbocycles. The number of nitrogens with one attached hydrogen (secondary N) is 1. The van der Waals surface area contributed by atoms with Crippen molar-refractivity contribution in [1.82, 2.24) is 4.57 Å². The molecule has 0 atom stereocenters. The van der Waals surface area contributed by atoms with Crippen LogP contribution in [0.15, 0.2) is 41.3 Å². The van der Waals surface area contributed by atoms with E-state index in [1.54, 1.807) is 24.4 Å². The summed E-state index contributed by atoms with van der Waals surface area (Å²) in [7, 11) is 0. The summed E-state index contributed by atoms with van der Waals surface area (Å²) in [6, 6.07) is 7.61. The number of halogens is 2. The Morgan fingerprint density at radius 2 is 1.95 bits per heavy atom. The van der Waals surface area contributed by atoms with Crippen molar-refractivity contribution in [2.24, 2.45) is 0 Å². The molecule has 1 N–H and O–H groups in total. The highest BCUT2D eigenvalue weighted by Gasteiger charge is 2.09. The number of nitrogens with zero attached hydrogens (tertiary/aromatic N) is 1. The highest BCUT2D eigenvalue weighted by Crippen LogP contribution is 2.23. The number of hydrogen-bond donors (Lipinski definition) is 1. The van der Waals surface area contributed by atoms with Crippen LogP contribution in [0, 0.1) is 0 Å². The van der Waals surface area contributed by atoms with Gasteiger partial charge in [0.05, 0.1) is 15.7 Å². The van der Waals surface area contributed by atoms with E-state index in [1.807, 2.05) is 6.92 Å². The summed E-state index contributed by atoms with van der Waals surface area (Å²) in [6.45, 7) is 2.39. The van der Waals surface area contributed by atoms with Crippen molar-refractivity contribution >= 4 is 34.8 Å². The van der Waals surface area contributed by atoms with Crippen molar-refractivity contribution in [3.8, 4) is 0 Å². The molecule has 104 valence electrons. The molecule has 1 amide bonds. The summed E-state index contributed by atoms with van der Waals surface area (Å²) < 4.78 is 1.50. The fraction of sp³-hybridized carbons (Fsp3) is 0.143. The zero-order valence-electron chi connectivity index (χ0n) is 10.7. The van der Waals surface area contributed by atoms with E-state index < -0.39 is 0 Å². The minimum atomic E-state index is -0.315. The van der Waals surface area contributed by atoms with E-state index in [4.69, 9.17) is 23.2 Å². The summed E-state index contributed by atoms with van der Waals surface area (Å²) in [4.78, 5) is 23.5. The Morgan fingerprint density at radius 3 is 2.60 bits per heavy atom. The van der Waals surface area contributed by atoms with Crippen LogP contribution < -0.4 is 10.9 Å². The maximum absolute atomic E-state index is 12.1. The first kappa shape index (κ1) is 14.6. The Morgan fingerprint density at radius 1 is 1.20 bits per heavy atom. The largest absolute Gasteiger partial charge is 0.321 e. The molecule has 1 heterocycles. The Bertz CT molecular complexity index is 711. The molecule has 0 fully saturated rings. The molecule has 0 radical (unpaired) electrons. The molecule has 0 aliphatic rings. The number of anilines is 1. The standard InChI is InChI=1S/C14H12Cl2N2O2/c1-2-18-8-10(4-6-13(18)19)17-14(20)9-3-5-11(15)12(16)7-9/h3-8H,2H2,1H3,(H,17,20). The van der Waals surface area contributed by atoms with Crippen molar-refractivity contribution in [3.05, 3.63) is 62.5 Å². The minimum absolute atomic E-state index is 0.111. The monoisotopic (exact) mass is 310 g/mol. The van der Waals surface area contributed by atoms with E-state index in [-0.39, 0.29) is 11.5 Å².